The Morgan fingerprint density at radius 3 is 2.60 bits per heavy atom. The fraction of sp³-hybridized carbons (Fsp3) is 0.188. The second-order valence-corrected chi connectivity index (χ2v) is 5.34. The van der Waals surface area contributed by atoms with Crippen molar-refractivity contribution in [2.24, 2.45) is 0 Å². The highest BCUT2D eigenvalue weighted by molar-refractivity contribution is 5.96. The number of carbonyl (C=O) groups is 2. The van der Waals surface area contributed by atoms with E-state index in [1.54, 1.807) is 19.9 Å². The van der Waals surface area contributed by atoms with E-state index in [1.807, 2.05) is 30.3 Å². The van der Waals surface area contributed by atoms with Gasteiger partial charge in [0.25, 0.3) is 11.8 Å². The molecule has 2 N–H and O–H groups in total. The van der Waals surface area contributed by atoms with E-state index in [9.17, 15) is 9.59 Å². The van der Waals surface area contributed by atoms with Gasteiger partial charge in [-0.25, -0.2) is 0 Å². The van der Waals surface area contributed by atoms with Crippen LogP contribution in [0, 0.1) is 13.8 Å². The smallest absolute Gasteiger partial charge is 0.273 e. The molecule has 0 saturated carbocycles. The molecular formula is C16H16N6O3. The number of hydrogen-bond donors (Lipinski definition) is 2. The fourth-order valence-electron chi connectivity index (χ4n) is 2.23. The molecule has 0 aliphatic carbocycles. The Labute approximate surface area is 143 Å². The second kappa shape index (κ2) is 6.95. The van der Waals surface area contributed by atoms with Gasteiger partial charge in [-0.3, -0.25) is 20.4 Å². The van der Waals surface area contributed by atoms with Crippen LogP contribution < -0.4 is 10.9 Å². The maximum absolute atomic E-state index is 12.0. The summed E-state index contributed by atoms with van der Waals surface area (Å²) in [6.07, 6.45) is 0. The molecule has 9 heteroatoms. The SMILES string of the molecule is Cc1cc(C(=O)NNC(=O)Cn2nnc(-c3ccccc3)n2)c(C)o1. The molecule has 0 aliphatic heterocycles. The van der Waals surface area contributed by atoms with Gasteiger partial charge in [0.05, 0.1) is 5.56 Å². The largest absolute Gasteiger partial charge is 0.466 e. The number of nitrogens with one attached hydrogen (secondary N) is 2. The van der Waals surface area contributed by atoms with E-state index >= 15 is 0 Å². The number of amides is 2. The molecule has 0 saturated heterocycles. The van der Waals surface area contributed by atoms with Gasteiger partial charge in [0.1, 0.15) is 18.1 Å². The molecule has 0 spiro atoms. The van der Waals surface area contributed by atoms with Gasteiger partial charge in [-0.1, -0.05) is 30.3 Å². The summed E-state index contributed by atoms with van der Waals surface area (Å²) in [4.78, 5) is 25.0. The minimum absolute atomic E-state index is 0.177. The average Bonchev–Trinajstić information content (AvgIpc) is 3.19. The predicted octanol–water partition coefficient (Wildman–Crippen LogP) is 1.01. The van der Waals surface area contributed by atoms with Crippen molar-refractivity contribution in [2.75, 3.05) is 0 Å². The van der Waals surface area contributed by atoms with Crippen LogP contribution in [-0.2, 0) is 11.3 Å². The number of nitrogens with zero attached hydrogens (tertiary/aromatic N) is 4. The summed E-state index contributed by atoms with van der Waals surface area (Å²) in [6.45, 7) is 3.24. The van der Waals surface area contributed by atoms with Crippen molar-refractivity contribution in [1.29, 1.82) is 0 Å². The van der Waals surface area contributed by atoms with Crippen LogP contribution in [0.1, 0.15) is 21.9 Å². The number of benzene rings is 1. The van der Waals surface area contributed by atoms with Gasteiger partial charge in [0, 0.05) is 5.56 Å². The van der Waals surface area contributed by atoms with Crippen LogP contribution in [-0.4, -0.2) is 32.0 Å². The van der Waals surface area contributed by atoms with E-state index in [1.165, 1.54) is 0 Å². The maximum Gasteiger partial charge on any atom is 0.273 e. The molecule has 0 bridgehead atoms. The van der Waals surface area contributed by atoms with Gasteiger partial charge in [0.2, 0.25) is 5.82 Å². The Kier molecular flexibility index (Phi) is 4.55. The molecule has 2 heterocycles. The van der Waals surface area contributed by atoms with E-state index in [0.717, 1.165) is 10.4 Å². The lowest BCUT2D eigenvalue weighted by Crippen LogP contribution is -2.43. The van der Waals surface area contributed by atoms with Gasteiger partial charge in [-0.15, -0.1) is 10.2 Å². The van der Waals surface area contributed by atoms with Crippen LogP contribution in [0.4, 0.5) is 0 Å². The number of furan rings is 1. The summed E-state index contributed by atoms with van der Waals surface area (Å²) >= 11 is 0. The Hall–Kier alpha value is -3.49. The van der Waals surface area contributed by atoms with E-state index in [-0.39, 0.29) is 6.54 Å². The summed E-state index contributed by atoms with van der Waals surface area (Å²) in [5.74, 6) is 0.577. The lowest BCUT2D eigenvalue weighted by Gasteiger charge is -2.05. The molecule has 128 valence electrons. The van der Waals surface area contributed by atoms with Crippen molar-refractivity contribution in [2.45, 2.75) is 20.4 Å². The molecule has 2 amide bonds. The van der Waals surface area contributed by atoms with Crippen molar-refractivity contribution < 1.29 is 14.0 Å². The van der Waals surface area contributed by atoms with Gasteiger partial charge >= 0.3 is 0 Å². The van der Waals surface area contributed by atoms with E-state index in [4.69, 9.17) is 4.42 Å². The zero-order chi connectivity index (χ0) is 17.8. The summed E-state index contributed by atoms with van der Waals surface area (Å²) in [5.41, 5.74) is 5.79. The first-order valence-corrected chi connectivity index (χ1v) is 7.52. The molecule has 2 aromatic heterocycles. The number of aromatic nitrogens is 4. The number of rotatable bonds is 4. The molecule has 1 aromatic carbocycles. The quantitative estimate of drug-likeness (QED) is 0.685. The summed E-state index contributed by atoms with van der Waals surface area (Å²) in [5, 5.41) is 11.9. The van der Waals surface area contributed by atoms with Gasteiger partial charge in [-0.05, 0) is 25.1 Å². The van der Waals surface area contributed by atoms with Crippen LogP contribution in [0.2, 0.25) is 0 Å². The third kappa shape index (κ3) is 3.89. The lowest BCUT2D eigenvalue weighted by molar-refractivity contribution is -0.122. The van der Waals surface area contributed by atoms with Crippen LogP contribution in [0.5, 0.6) is 0 Å². The molecular weight excluding hydrogens is 324 g/mol. The molecule has 0 atom stereocenters. The summed E-state index contributed by atoms with van der Waals surface area (Å²) < 4.78 is 5.28. The second-order valence-electron chi connectivity index (χ2n) is 5.34. The monoisotopic (exact) mass is 340 g/mol. The fourth-order valence-corrected chi connectivity index (χ4v) is 2.23. The van der Waals surface area contributed by atoms with E-state index in [2.05, 4.69) is 26.3 Å². The number of tetrazole rings is 1. The molecule has 9 nitrogen and oxygen atoms in total. The van der Waals surface area contributed by atoms with Gasteiger partial charge < -0.3 is 4.42 Å². The topological polar surface area (TPSA) is 115 Å². The van der Waals surface area contributed by atoms with Crippen molar-refractivity contribution in [3.63, 3.8) is 0 Å². The minimum atomic E-state index is -0.483. The number of hydrazine groups is 1. The Morgan fingerprint density at radius 2 is 1.92 bits per heavy atom. The van der Waals surface area contributed by atoms with Crippen molar-refractivity contribution in [3.05, 3.63) is 53.5 Å². The summed E-state index contributed by atoms with van der Waals surface area (Å²) in [6, 6.07) is 10.9. The third-order valence-electron chi connectivity index (χ3n) is 3.37. The number of aryl methyl sites for hydroxylation is 2. The van der Waals surface area contributed by atoms with Crippen LogP contribution in [0.15, 0.2) is 40.8 Å². The molecule has 25 heavy (non-hydrogen) atoms. The summed E-state index contributed by atoms with van der Waals surface area (Å²) in [7, 11) is 0. The van der Waals surface area contributed by atoms with E-state index in [0.29, 0.717) is 22.9 Å². The maximum atomic E-state index is 12.0. The van der Waals surface area contributed by atoms with Crippen molar-refractivity contribution >= 4 is 11.8 Å². The van der Waals surface area contributed by atoms with Gasteiger partial charge in [0.15, 0.2) is 0 Å². The number of hydrogen-bond acceptors (Lipinski definition) is 6. The van der Waals surface area contributed by atoms with Crippen LogP contribution in [0.3, 0.4) is 0 Å². The molecule has 0 radical (unpaired) electrons. The Balaban J connectivity index is 1.55. The standard InChI is InChI=1S/C16H16N6O3/c1-10-8-13(11(2)25-10)16(24)19-17-14(23)9-22-20-15(18-21-22)12-6-4-3-5-7-12/h3-8H,9H2,1-2H3,(H,17,23)(H,19,24). The molecule has 0 aliphatic rings. The molecule has 3 aromatic rings. The highest BCUT2D eigenvalue weighted by Gasteiger charge is 2.15. The Bertz CT molecular complexity index is 900. The molecule has 0 fully saturated rings. The number of carbonyl (C=O) groups excluding carboxylic acids is 2. The van der Waals surface area contributed by atoms with Crippen LogP contribution in [0.25, 0.3) is 11.4 Å². The normalized spacial score (nSPS) is 10.5. The van der Waals surface area contributed by atoms with Crippen molar-refractivity contribution in [3.8, 4) is 11.4 Å². The molecule has 0 unspecified atom stereocenters. The molecule has 3 rings (SSSR count). The first-order valence-electron chi connectivity index (χ1n) is 7.52. The zero-order valence-electron chi connectivity index (χ0n) is 13.7. The first-order chi connectivity index (χ1) is 12.0. The van der Waals surface area contributed by atoms with Crippen LogP contribution >= 0.6 is 0 Å². The van der Waals surface area contributed by atoms with Crippen molar-refractivity contribution in [1.82, 2.24) is 31.1 Å². The lowest BCUT2D eigenvalue weighted by atomic mass is 10.2. The highest BCUT2D eigenvalue weighted by Crippen LogP contribution is 2.13. The predicted molar refractivity (Wildman–Crippen MR) is 87.0 cm³/mol. The van der Waals surface area contributed by atoms with E-state index < -0.39 is 11.8 Å². The minimum Gasteiger partial charge on any atom is -0.466 e. The first kappa shape index (κ1) is 16.4. The average molecular weight is 340 g/mol. The Morgan fingerprint density at radius 1 is 1.16 bits per heavy atom. The highest BCUT2D eigenvalue weighted by atomic mass is 16.3. The zero-order valence-corrected chi connectivity index (χ0v) is 13.7. The third-order valence-corrected chi connectivity index (χ3v) is 3.37. The van der Waals surface area contributed by atoms with Gasteiger partial charge in [-0.2, -0.15) is 4.80 Å².